The molecule has 2 unspecified atom stereocenters. The summed E-state index contributed by atoms with van der Waals surface area (Å²) in [6.07, 6.45) is 5.95. The van der Waals surface area contributed by atoms with Crippen LogP contribution in [0, 0.1) is 5.82 Å². The molecule has 0 spiro atoms. The van der Waals surface area contributed by atoms with Gasteiger partial charge in [-0.05, 0) is 31.7 Å². The van der Waals surface area contributed by atoms with Gasteiger partial charge in [0.25, 0.3) is 0 Å². The number of aliphatic hydroxyl groups is 1. The standard InChI is InChI=1S/C14H18FNO2S/c1-18-13-12(5-9(15)8-16-13)14(17)6-10-3-2-4-11(7-14)19-10/h5,8,10-11,17H,2-4,6-7H2,1H3. The summed E-state index contributed by atoms with van der Waals surface area (Å²) >= 11 is 1.97. The summed E-state index contributed by atoms with van der Waals surface area (Å²) < 4.78 is 18.7. The molecule has 2 bridgehead atoms. The maximum atomic E-state index is 13.5. The van der Waals surface area contributed by atoms with Crippen LogP contribution < -0.4 is 4.74 Å². The van der Waals surface area contributed by atoms with E-state index in [1.165, 1.54) is 19.6 Å². The fourth-order valence-electron chi connectivity index (χ4n) is 3.26. The lowest BCUT2D eigenvalue weighted by molar-refractivity contribution is 0.00525. The van der Waals surface area contributed by atoms with E-state index >= 15 is 0 Å². The van der Waals surface area contributed by atoms with Gasteiger partial charge in [-0.25, -0.2) is 9.37 Å². The highest BCUT2D eigenvalue weighted by molar-refractivity contribution is 8.00. The minimum absolute atomic E-state index is 0.342. The highest BCUT2D eigenvalue weighted by atomic mass is 32.2. The van der Waals surface area contributed by atoms with Gasteiger partial charge >= 0.3 is 0 Å². The molecule has 1 aromatic heterocycles. The van der Waals surface area contributed by atoms with Gasteiger partial charge < -0.3 is 9.84 Å². The number of halogens is 1. The third-order valence-electron chi connectivity index (χ3n) is 4.08. The molecule has 0 aromatic carbocycles. The van der Waals surface area contributed by atoms with Crippen molar-refractivity contribution in [1.29, 1.82) is 0 Å². The lowest BCUT2D eigenvalue weighted by Gasteiger charge is -2.44. The van der Waals surface area contributed by atoms with Gasteiger partial charge in [-0.3, -0.25) is 0 Å². The predicted octanol–water partition coefficient (Wildman–Crippen LogP) is 2.87. The number of methoxy groups -OCH3 is 1. The first kappa shape index (κ1) is 13.2. The molecule has 1 N–H and O–H groups in total. The Morgan fingerprint density at radius 1 is 1.42 bits per heavy atom. The molecule has 3 heterocycles. The lowest BCUT2D eigenvalue weighted by atomic mass is 9.81. The minimum Gasteiger partial charge on any atom is -0.481 e. The Morgan fingerprint density at radius 2 is 2.11 bits per heavy atom. The second-order valence-electron chi connectivity index (χ2n) is 5.46. The van der Waals surface area contributed by atoms with Crippen molar-refractivity contribution in [3.05, 3.63) is 23.6 Å². The van der Waals surface area contributed by atoms with E-state index in [1.807, 2.05) is 11.8 Å². The number of pyridine rings is 1. The summed E-state index contributed by atoms with van der Waals surface area (Å²) in [6.45, 7) is 0. The Hall–Kier alpha value is -0.810. The van der Waals surface area contributed by atoms with Crippen molar-refractivity contribution in [3.8, 4) is 5.88 Å². The van der Waals surface area contributed by atoms with E-state index in [2.05, 4.69) is 4.98 Å². The van der Waals surface area contributed by atoms with Crippen molar-refractivity contribution in [1.82, 2.24) is 4.98 Å². The average Bonchev–Trinajstić information content (AvgIpc) is 2.38. The summed E-state index contributed by atoms with van der Waals surface area (Å²) in [5.74, 6) is -0.0820. The van der Waals surface area contributed by atoms with Crippen molar-refractivity contribution < 1.29 is 14.2 Å². The van der Waals surface area contributed by atoms with Crippen LogP contribution in [-0.2, 0) is 5.60 Å². The monoisotopic (exact) mass is 283 g/mol. The van der Waals surface area contributed by atoms with E-state index in [0.717, 1.165) is 19.0 Å². The number of thioether (sulfide) groups is 1. The number of ether oxygens (including phenoxy) is 1. The van der Waals surface area contributed by atoms with Crippen molar-refractivity contribution >= 4 is 11.8 Å². The van der Waals surface area contributed by atoms with E-state index in [4.69, 9.17) is 4.74 Å². The van der Waals surface area contributed by atoms with Crippen molar-refractivity contribution in [2.24, 2.45) is 0 Å². The Kier molecular flexibility index (Phi) is 3.43. The summed E-state index contributed by atoms with van der Waals surface area (Å²) in [5, 5.41) is 11.9. The molecule has 3 rings (SSSR count). The Balaban J connectivity index is 1.97. The van der Waals surface area contributed by atoms with Gasteiger partial charge in [0.2, 0.25) is 5.88 Å². The van der Waals surface area contributed by atoms with Crippen LogP contribution in [-0.4, -0.2) is 27.7 Å². The van der Waals surface area contributed by atoms with E-state index in [0.29, 0.717) is 34.8 Å². The fraction of sp³-hybridized carbons (Fsp3) is 0.643. The van der Waals surface area contributed by atoms with Gasteiger partial charge in [-0.2, -0.15) is 11.8 Å². The van der Waals surface area contributed by atoms with E-state index in [9.17, 15) is 9.50 Å². The van der Waals surface area contributed by atoms with Gasteiger partial charge in [0.1, 0.15) is 5.82 Å². The van der Waals surface area contributed by atoms with Crippen molar-refractivity contribution in [2.45, 2.75) is 48.2 Å². The van der Waals surface area contributed by atoms with Crippen LogP contribution in [0.2, 0.25) is 0 Å². The lowest BCUT2D eigenvalue weighted by Crippen LogP contribution is -2.41. The number of nitrogens with zero attached hydrogens (tertiary/aromatic N) is 1. The molecule has 1 aromatic rings. The smallest absolute Gasteiger partial charge is 0.219 e. The van der Waals surface area contributed by atoms with Gasteiger partial charge in [0.05, 0.1) is 18.9 Å². The molecule has 19 heavy (non-hydrogen) atoms. The summed E-state index contributed by atoms with van der Waals surface area (Å²) in [5.41, 5.74) is -0.492. The van der Waals surface area contributed by atoms with Crippen molar-refractivity contribution in [3.63, 3.8) is 0 Å². The highest BCUT2D eigenvalue weighted by Crippen LogP contribution is 2.50. The van der Waals surface area contributed by atoms with Gasteiger partial charge in [-0.15, -0.1) is 0 Å². The summed E-state index contributed by atoms with van der Waals surface area (Å²) in [7, 11) is 1.51. The number of fused-ring (bicyclic) bond motifs is 2. The third kappa shape index (κ3) is 2.46. The number of rotatable bonds is 2. The van der Waals surface area contributed by atoms with Gasteiger partial charge in [0.15, 0.2) is 0 Å². The predicted molar refractivity (Wildman–Crippen MR) is 72.9 cm³/mol. The molecular formula is C14H18FNO2S. The largest absolute Gasteiger partial charge is 0.481 e. The van der Waals surface area contributed by atoms with Crippen LogP contribution in [0.1, 0.15) is 37.7 Å². The molecular weight excluding hydrogens is 265 g/mol. The zero-order valence-corrected chi connectivity index (χ0v) is 11.8. The van der Waals surface area contributed by atoms with E-state index in [-0.39, 0.29) is 0 Å². The molecule has 104 valence electrons. The molecule has 2 aliphatic heterocycles. The fourth-order valence-corrected chi connectivity index (χ4v) is 5.15. The maximum absolute atomic E-state index is 13.5. The first-order valence-corrected chi connectivity index (χ1v) is 7.63. The minimum atomic E-state index is -0.999. The molecule has 0 aliphatic carbocycles. The summed E-state index contributed by atoms with van der Waals surface area (Å²) in [4.78, 5) is 3.95. The first-order valence-electron chi connectivity index (χ1n) is 6.68. The maximum Gasteiger partial charge on any atom is 0.219 e. The van der Waals surface area contributed by atoms with E-state index in [1.54, 1.807) is 0 Å². The van der Waals surface area contributed by atoms with Crippen LogP contribution in [0.3, 0.4) is 0 Å². The molecule has 2 saturated heterocycles. The van der Waals surface area contributed by atoms with Crippen LogP contribution in [0.15, 0.2) is 12.3 Å². The SMILES string of the molecule is COc1ncc(F)cc1C1(O)CC2CCCC(C1)S2. The molecule has 0 radical (unpaired) electrons. The third-order valence-corrected chi connectivity index (χ3v) is 5.65. The molecule has 2 fully saturated rings. The zero-order valence-electron chi connectivity index (χ0n) is 10.9. The van der Waals surface area contributed by atoms with Gasteiger partial charge in [-0.1, -0.05) is 6.42 Å². The molecule has 3 nitrogen and oxygen atoms in total. The molecule has 0 amide bonds. The second-order valence-corrected chi connectivity index (χ2v) is 7.07. The van der Waals surface area contributed by atoms with Crippen LogP contribution in [0.5, 0.6) is 5.88 Å². The van der Waals surface area contributed by atoms with Crippen LogP contribution in [0.4, 0.5) is 4.39 Å². The summed E-state index contributed by atoms with van der Waals surface area (Å²) in [6, 6.07) is 1.37. The zero-order chi connectivity index (χ0) is 13.5. The molecule has 0 saturated carbocycles. The van der Waals surface area contributed by atoms with Gasteiger partial charge in [0, 0.05) is 16.1 Å². The van der Waals surface area contributed by atoms with Crippen LogP contribution >= 0.6 is 11.8 Å². The topological polar surface area (TPSA) is 42.4 Å². The molecule has 2 atom stereocenters. The highest BCUT2D eigenvalue weighted by Gasteiger charge is 2.44. The van der Waals surface area contributed by atoms with Crippen molar-refractivity contribution in [2.75, 3.05) is 7.11 Å². The Bertz CT molecular complexity index is 471. The Labute approximate surface area is 116 Å². The Morgan fingerprint density at radius 3 is 2.74 bits per heavy atom. The second kappa shape index (κ2) is 4.94. The number of hydrogen-bond acceptors (Lipinski definition) is 4. The molecule has 5 heteroatoms. The normalized spacial score (nSPS) is 34.1. The van der Waals surface area contributed by atoms with E-state index < -0.39 is 11.4 Å². The average molecular weight is 283 g/mol. The number of hydrogen-bond donors (Lipinski definition) is 1. The number of aromatic nitrogens is 1. The quantitative estimate of drug-likeness (QED) is 0.906. The molecule has 2 aliphatic rings. The van der Waals surface area contributed by atoms with Crippen LogP contribution in [0.25, 0.3) is 0 Å². The first-order chi connectivity index (χ1) is 9.10.